The number of likely N-dealkylation sites (tertiary alicyclic amines) is 1. The van der Waals surface area contributed by atoms with Crippen LogP contribution in [0.25, 0.3) is 0 Å². The minimum absolute atomic E-state index is 0.0413. The number of benzene rings is 1. The maximum Gasteiger partial charge on any atom is 0.308 e. The highest BCUT2D eigenvalue weighted by atomic mass is 35.5. The van der Waals surface area contributed by atoms with Crippen LogP contribution in [0, 0.1) is 17.8 Å². The van der Waals surface area contributed by atoms with Gasteiger partial charge in [0.15, 0.2) is 0 Å². The normalized spacial score (nSPS) is 24.0. The summed E-state index contributed by atoms with van der Waals surface area (Å²) in [5, 5.41) is 10.5. The highest BCUT2D eigenvalue weighted by molar-refractivity contribution is 8.00. The number of nitrogens with zero attached hydrogens (tertiary/aromatic N) is 1. The Balaban J connectivity index is 1.60. The number of halogens is 2. The van der Waals surface area contributed by atoms with Gasteiger partial charge in [-0.05, 0) is 42.9 Å². The number of amides is 1. The van der Waals surface area contributed by atoms with Crippen molar-refractivity contribution >= 4 is 46.8 Å². The summed E-state index contributed by atoms with van der Waals surface area (Å²) in [4.78, 5) is 26.3. The van der Waals surface area contributed by atoms with Crippen molar-refractivity contribution in [1.29, 1.82) is 0 Å². The Morgan fingerprint density at radius 2 is 2.00 bits per heavy atom. The van der Waals surface area contributed by atoms with E-state index in [0.717, 1.165) is 17.7 Å². The molecule has 0 bridgehead atoms. The number of carboxylic acids is 1. The lowest BCUT2D eigenvalue weighted by atomic mass is 9.92. The number of hydrogen-bond acceptors (Lipinski definition) is 3. The summed E-state index contributed by atoms with van der Waals surface area (Å²) in [5.74, 6) is -0.432. The van der Waals surface area contributed by atoms with Crippen molar-refractivity contribution in [2.24, 2.45) is 17.8 Å². The minimum Gasteiger partial charge on any atom is -0.481 e. The second kappa shape index (κ2) is 6.91. The first-order chi connectivity index (χ1) is 11.0. The number of carboxylic acid groups (broad SMARTS) is 1. The van der Waals surface area contributed by atoms with Gasteiger partial charge in [0.2, 0.25) is 5.91 Å². The molecule has 0 unspecified atom stereocenters. The number of aliphatic carboxylic acids is 1. The topological polar surface area (TPSA) is 57.6 Å². The van der Waals surface area contributed by atoms with Crippen molar-refractivity contribution in [3.8, 4) is 0 Å². The third kappa shape index (κ3) is 3.95. The first-order valence-corrected chi connectivity index (χ1v) is 9.28. The zero-order chi connectivity index (χ0) is 16.6. The molecule has 1 heterocycles. The highest BCUT2D eigenvalue weighted by Crippen LogP contribution is 2.44. The van der Waals surface area contributed by atoms with E-state index in [-0.39, 0.29) is 17.6 Å². The van der Waals surface area contributed by atoms with Gasteiger partial charge in [-0.1, -0.05) is 23.2 Å². The SMILES string of the molecule is O=C(O)[C@H]1CN(C(=O)CSc2cc(Cl)ccc2Cl)C[C@@H]1C1CC1. The van der Waals surface area contributed by atoms with E-state index in [9.17, 15) is 14.7 Å². The van der Waals surface area contributed by atoms with Gasteiger partial charge < -0.3 is 10.0 Å². The van der Waals surface area contributed by atoms with Gasteiger partial charge in [0.1, 0.15) is 0 Å². The molecule has 1 aromatic carbocycles. The summed E-state index contributed by atoms with van der Waals surface area (Å²) >= 11 is 13.4. The Morgan fingerprint density at radius 1 is 1.26 bits per heavy atom. The molecule has 0 spiro atoms. The van der Waals surface area contributed by atoms with Crippen LogP contribution in [-0.4, -0.2) is 40.7 Å². The number of carbonyl (C=O) groups is 2. The number of carbonyl (C=O) groups excluding carboxylic acids is 1. The molecule has 0 radical (unpaired) electrons. The van der Waals surface area contributed by atoms with Crippen molar-refractivity contribution in [3.05, 3.63) is 28.2 Å². The molecule has 1 aromatic rings. The second-order valence-electron chi connectivity index (χ2n) is 6.11. The quantitative estimate of drug-likeness (QED) is 0.800. The smallest absolute Gasteiger partial charge is 0.308 e. The maximum absolute atomic E-state index is 12.4. The van der Waals surface area contributed by atoms with Crippen LogP contribution >= 0.6 is 35.0 Å². The molecule has 2 atom stereocenters. The van der Waals surface area contributed by atoms with E-state index in [2.05, 4.69) is 0 Å². The predicted molar refractivity (Wildman–Crippen MR) is 91.1 cm³/mol. The molecule has 1 aliphatic heterocycles. The lowest BCUT2D eigenvalue weighted by Gasteiger charge is -2.16. The molecule has 3 rings (SSSR count). The van der Waals surface area contributed by atoms with E-state index < -0.39 is 11.9 Å². The Kier molecular flexibility index (Phi) is 5.09. The molecular formula is C16H17Cl2NO3S. The van der Waals surface area contributed by atoms with Gasteiger partial charge in [0, 0.05) is 23.0 Å². The molecule has 2 aliphatic rings. The zero-order valence-electron chi connectivity index (χ0n) is 12.4. The second-order valence-corrected chi connectivity index (χ2v) is 7.97. The van der Waals surface area contributed by atoms with Gasteiger partial charge >= 0.3 is 5.97 Å². The van der Waals surface area contributed by atoms with Crippen LogP contribution in [-0.2, 0) is 9.59 Å². The van der Waals surface area contributed by atoms with E-state index in [4.69, 9.17) is 23.2 Å². The summed E-state index contributed by atoms with van der Waals surface area (Å²) < 4.78 is 0. The van der Waals surface area contributed by atoms with Crippen LogP contribution in [0.3, 0.4) is 0 Å². The number of thioether (sulfide) groups is 1. The van der Waals surface area contributed by atoms with E-state index >= 15 is 0 Å². The molecule has 0 aromatic heterocycles. The van der Waals surface area contributed by atoms with Crippen molar-refractivity contribution in [2.75, 3.05) is 18.8 Å². The molecule has 1 N–H and O–H groups in total. The van der Waals surface area contributed by atoms with E-state index in [1.54, 1.807) is 23.1 Å². The van der Waals surface area contributed by atoms with E-state index in [1.807, 2.05) is 0 Å². The predicted octanol–water partition coefficient (Wildman–Crippen LogP) is 3.65. The molecule has 4 nitrogen and oxygen atoms in total. The van der Waals surface area contributed by atoms with Crippen LogP contribution in [0.5, 0.6) is 0 Å². The fourth-order valence-electron chi connectivity index (χ4n) is 3.11. The first-order valence-electron chi connectivity index (χ1n) is 7.54. The summed E-state index contributed by atoms with van der Waals surface area (Å²) in [6, 6.07) is 5.14. The molecule has 2 fully saturated rings. The van der Waals surface area contributed by atoms with Crippen molar-refractivity contribution in [2.45, 2.75) is 17.7 Å². The van der Waals surface area contributed by atoms with E-state index in [0.29, 0.717) is 29.1 Å². The monoisotopic (exact) mass is 373 g/mol. The fraction of sp³-hybridized carbons (Fsp3) is 0.500. The molecule has 7 heteroatoms. The van der Waals surface area contributed by atoms with Crippen molar-refractivity contribution in [3.63, 3.8) is 0 Å². The summed E-state index contributed by atoms with van der Waals surface area (Å²) in [5.41, 5.74) is 0. The highest BCUT2D eigenvalue weighted by Gasteiger charge is 2.46. The van der Waals surface area contributed by atoms with Gasteiger partial charge in [-0.2, -0.15) is 0 Å². The molecule has 1 saturated heterocycles. The Labute approximate surface area is 149 Å². The zero-order valence-corrected chi connectivity index (χ0v) is 14.7. The maximum atomic E-state index is 12.4. The van der Waals surface area contributed by atoms with Gasteiger partial charge in [-0.3, -0.25) is 9.59 Å². The molecule has 1 amide bonds. The van der Waals surface area contributed by atoms with Gasteiger partial charge in [-0.25, -0.2) is 0 Å². The average molecular weight is 374 g/mol. The third-order valence-electron chi connectivity index (χ3n) is 4.51. The van der Waals surface area contributed by atoms with Gasteiger partial charge in [-0.15, -0.1) is 11.8 Å². The van der Waals surface area contributed by atoms with Crippen molar-refractivity contribution in [1.82, 2.24) is 4.90 Å². The first kappa shape index (κ1) is 16.9. The number of rotatable bonds is 5. The molecule has 23 heavy (non-hydrogen) atoms. The summed E-state index contributed by atoms with van der Waals surface area (Å²) in [6.07, 6.45) is 2.17. The number of hydrogen-bond donors (Lipinski definition) is 1. The Hall–Kier alpha value is -0.910. The largest absolute Gasteiger partial charge is 0.481 e. The Morgan fingerprint density at radius 3 is 2.65 bits per heavy atom. The van der Waals surface area contributed by atoms with Crippen LogP contribution in [0.4, 0.5) is 0 Å². The fourth-order valence-corrected chi connectivity index (χ4v) is 4.51. The van der Waals surface area contributed by atoms with Crippen LogP contribution in [0.1, 0.15) is 12.8 Å². The minimum atomic E-state index is -0.789. The van der Waals surface area contributed by atoms with Crippen LogP contribution < -0.4 is 0 Å². The summed E-state index contributed by atoms with van der Waals surface area (Å²) in [7, 11) is 0. The lowest BCUT2D eigenvalue weighted by Crippen LogP contribution is -2.31. The lowest BCUT2D eigenvalue weighted by molar-refractivity contribution is -0.142. The standard InChI is InChI=1S/C16H17Cl2NO3S/c17-10-3-4-13(18)14(5-10)23-8-15(20)19-6-11(9-1-2-9)12(7-19)16(21)22/h3-5,9,11-12H,1-2,6-8H2,(H,21,22)/t11-,12+/m1/s1. The van der Waals surface area contributed by atoms with Crippen molar-refractivity contribution < 1.29 is 14.7 Å². The summed E-state index contributed by atoms with van der Waals surface area (Å²) in [6.45, 7) is 0.878. The Bertz CT molecular complexity index is 636. The molecule has 1 saturated carbocycles. The third-order valence-corrected chi connectivity index (χ3v) is 6.22. The average Bonchev–Trinajstić information content (AvgIpc) is 3.26. The van der Waals surface area contributed by atoms with Crippen LogP contribution in [0.2, 0.25) is 10.0 Å². The van der Waals surface area contributed by atoms with Gasteiger partial charge in [0.05, 0.1) is 16.7 Å². The molecular weight excluding hydrogens is 357 g/mol. The molecule has 1 aliphatic carbocycles. The van der Waals surface area contributed by atoms with Crippen LogP contribution in [0.15, 0.2) is 23.1 Å². The molecule has 124 valence electrons. The van der Waals surface area contributed by atoms with Gasteiger partial charge in [0.25, 0.3) is 0 Å². The van der Waals surface area contributed by atoms with E-state index in [1.165, 1.54) is 11.8 Å².